The summed E-state index contributed by atoms with van der Waals surface area (Å²) in [7, 11) is 0. The van der Waals surface area contributed by atoms with Crippen molar-refractivity contribution in [3.63, 3.8) is 0 Å². The number of benzene rings is 1. The molecule has 0 radical (unpaired) electrons. The number of carbonyl (C=O) groups is 1. The summed E-state index contributed by atoms with van der Waals surface area (Å²) in [6, 6.07) is 12.3. The van der Waals surface area contributed by atoms with Crippen LogP contribution in [0.25, 0.3) is 11.4 Å². The van der Waals surface area contributed by atoms with Gasteiger partial charge in [0.15, 0.2) is 0 Å². The first-order valence-corrected chi connectivity index (χ1v) is 11.7. The van der Waals surface area contributed by atoms with Crippen molar-refractivity contribution in [2.75, 3.05) is 42.6 Å². The maximum absolute atomic E-state index is 13.0. The summed E-state index contributed by atoms with van der Waals surface area (Å²) in [6.07, 6.45) is 7.98. The highest BCUT2D eigenvalue weighted by Crippen LogP contribution is 2.23. The summed E-state index contributed by atoms with van der Waals surface area (Å²) in [5.74, 6) is 3.81. The maximum Gasteiger partial charge on any atom is 0.274 e. The van der Waals surface area contributed by atoms with E-state index in [0.717, 1.165) is 42.7 Å². The standard InChI is InChI=1S/C23H24N6OS/c30-23(28-8-6-19(7-9-28)18-4-2-1-3-5-18)20-15-29(17-26-20)22-14-21(24-16-25-22)27-10-12-31-13-11-27/h1-6,14-17H,7-13H2. The van der Waals surface area contributed by atoms with E-state index in [0.29, 0.717) is 18.8 Å². The molecule has 2 aliphatic heterocycles. The molecule has 158 valence electrons. The first-order valence-electron chi connectivity index (χ1n) is 10.5. The van der Waals surface area contributed by atoms with Crippen molar-refractivity contribution >= 4 is 29.1 Å². The molecule has 0 unspecified atom stereocenters. The van der Waals surface area contributed by atoms with Crippen LogP contribution in [0, 0.1) is 0 Å². The third-order valence-electron chi connectivity index (χ3n) is 5.68. The van der Waals surface area contributed by atoms with Crippen LogP contribution in [0.3, 0.4) is 0 Å². The number of anilines is 1. The average Bonchev–Trinajstić information content (AvgIpc) is 3.35. The zero-order valence-electron chi connectivity index (χ0n) is 17.2. The fourth-order valence-corrected chi connectivity index (χ4v) is 4.84. The van der Waals surface area contributed by atoms with Crippen LogP contribution in [0.5, 0.6) is 0 Å². The second-order valence-corrected chi connectivity index (χ2v) is 8.82. The van der Waals surface area contributed by atoms with Gasteiger partial charge in [-0.05, 0) is 17.6 Å². The van der Waals surface area contributed by atoms with Gasteiger partial charge >= 0.3 is 0 Å². The molecule has 1 saturated heterocycles. The zero-order chi connectivity index (χ0) is 21.0. The van der Waals surface area contributed by atoms with Gasteiger partial charge in [0.1, 0.15) is 30.0 Å². The largest absolute Gasteiger partial charge is 0.355 e. The molecule has 0 N–H and O–H groups in total. The molecule has 8 heteroatoms. The number of hydrogen-bond acceptors (Lipinski definition) is 6. The highest BCUT2D eigenvalue weighted by atomic mass is 32.2. The Kier molecular flexibility index (Phi) is 5.71. The van der Waals surface area contributed by atoms with Gasteiger partial charge in [-0.2, -0.15) is 11.8 Å². The summed E-state index contributed by atoms with van der Waals surface area (Å²) < 4.78 is 1.80. The van der Waals surface area contributed by atoms with Gasteiger partial charge in [-0.15, -0.1) is 0 Å². The Labute approximate surface area is 185 Å². The predicted octanol–water partition coefficient (Wildman–Crippen LogP) is 3.15. The number of imidazole rings is 1. The Morgan fingerprint density at radius 2 is 1.77 bits per heavy atom. The lowest BCUT2D eigenvalue weighted by molar-refractivity contribution is 0.0767. The Balaban J connectivity index is 1.29. The van der Waals surface area contributed by atoms with Crippen LogP contribution in [0.2, 0.25) is 0 Å². The third-order valence-corrected chi connectivity index (χ3v) is 6.62. The molecule has 0 spiro atoms. The van der Waals surface area contributed by atoms with E-state index in [-0.39, 0.29) is 5.91 Å². The molecule has 1 amide bonds. The number of carbonyl (C=O) groups excluding carboxylic acids is 1. The van der Waals surface area contributed by atoms with Gasteiger partial charge in [0.25, 0.3) is 5.91 Å². The zero-order valence-corrected chi connectivity index (χ0v) is 18.0. The lowest BCUT2D eigenvalue weighted by Gasteiger charge is -2.27. The van der Waals surface area contributed by atoms with Gasteiger partial charge < -0.3 is 9.80 Å². The number of aromatic nitrogens is 4. The molecule has 31 heavy (non-hydrogen) atoms. The minimum Gasteiger partial charge on any atom is -0.355 e. The Morgan fingerprint density at radius 1 is 0.968 bits per heavy atom. The van der Waals surface area contributed by atoms with Gasteiger partial charge in [0, 0.05) is 49.9 Å². The molecule has 4 heterocycles. The van der Waals surface area contributed by atoms with Crippen molar-refractivity contribution in [2.45, 2.75) is 6.42 Å². The molecule has 0 aliphatic carbocycles. The first kappa shape index (κ1) is 19.8. The van der Waals surface area contributed by atoms with Crippen molar-refractivity contribution in [3.8, 4) is 5.82 Å². The highest BCUT2D eigenvalue weighted by molar-refractivity contribution is 7.99. The van der Waals surface area contributed by atoms with E-state index < -0.39 is 0 Å². The van der Waals surface area contributed by atoms with Crippen molar-refractivity contribution < 1.29 is 4.79 Å². The molecule has 0 saturated carbocycles. The van der Waals surface area contributed by atoms with E-state index >= 15 is 0 Å². The van der Waals surface area contributed by atoms with Crippen molar-refractivity contribution in [1.82, 2.24) is 24.4 Å². The molecule has 1 aromatic carbocycles. The fourth-order valence-electron chi connectivity index (χ4n) is 3.93. The van der Waals surface area contributed by atoms with Crippen molar-refractivity contribution in [3.05, 3.63) is 72.6 Å². The lowest BCUT2D eigenvalue weighted by atomic mass is 9.99. The molecule has 0 bridgehead atoms. The van der Waals surface area contributed by atoms with Crippen LogP contribution in [0.4, 0.5) is 5.82 Å². The summed E-state index contributed by atoms with van der Waals surface area (Å²) in [6.45, 7) is 3.27. The topological polar surface area (TPSA) is 67.2 Å². The van der Waals surface area contributed by atoms with Crippen LogP contribution < -0.4 is 4.90 Å². The van der Waals surface area contributed by atoms with Crippen LogP contribution >= 0.6 is 11.8 Å². The summed E-state index contributed by atoms with van der Waals surface area (Å²) in [5.41, 5.74) is 2.96. The molecule has 7 nitrogen and oxygen atoms in total. The average molecular weight is 433 g/mol. The smallest absolute Gasteiger partial charge is 0.274 e. The van der Waals surface area contributed by atoms with Crippen molar-refractivity contribution in [2.24, 2.45) is 0 Å². The van der Waals surface area contributed by atoms with Crippen LogP contribution in [-0.4, -0.2) is 68.0 Å². The number of hydrogen-bond donors (Lipinski definition) is 0. The third kappa shape index (κ3) is 4.34. The van der Waals surface area contributed by atoms with E-state index in [4.69, 9.17) is 0 Å². The lowest BCUT2D eigenvalue weighted by Crippen LogP contribution is -2.34. The fraction of sp³-hybridized carbons (Fsp3) is 0.304. The second-order valence-electron chi connectivity index (χ2n) is 7.60. The molecular formula is C23H24N6OS. The quantitative estimate of drug-likeness (QED) is 0.631. The Morgan fingerprint density at radius 3 is 2.55 bits per heavy atom. The molecule has 2 aliphatic rings. The van der Waals surface area contributed by atoms with Crippen LogP contribution in [0.1, 0.15) is 22.5 Å². The van der Waals surface area contributed by atoms with E-state index in [1.165, 1.54) is 11.1 Å². The molecule has 0 atom stereocenters. The van der Waals surface area contributed by atoms with Gasteiger partial charge in [0.05, 0.1) is 0 Å². The Bertz CT molecular complexity index is 1090. The maximum atomic E-state index is 13.0. The number of amides is 1. The number of thioether (sulfide) groups is 1. The first-order chi connectivity index (χ1) is 15.3. The van der Waals surface area contributed by atoms with E-state index in [2.05, 4.69) is 38.1 Å². The molecular weight excluding hydrogens is 408 g/mol. The van der Waals surface area contributed by atoms with Crippen molar-refractivity contribution in [1.29, 1.82) is 0 Å². The summed E-state index contributed by atoms with van der Waals surface area (Å²) in [4.78, 5) is 30.3. The molecule has 5 rings (SSSR count). The van der Waals surface area contributed by atoms with Gasteiger partial charge in [-0.1, -0.05) is 36.4 Å². The Hall–Kier alpha value is -3.13. The molecule has 2 aromatic heterocycles. The second kappa shape index (κ2) is 8.93. The van der Waals surface area contributed by atoms with E-state index in [1.54, 1.807) is 23.4 Å². The SMILES string of the molecule is O=C(c1cn(-c2cc(N3CCSCC3)ncn2)cn1)N1CC=C(c2ccccc2)CC1. The summed E-state index contributed by atoms with van der Waals surface area (Å²) >= 11 is 1.97. The number of rotatable bonds is 4. The predicted molar refractivity (Wildman–Crippen MR) is 124 cm³/mol. The minimum atomic E-state index is -0.0514. The monoisotopic (exact) mass is 432 g/mol. The van der Waals surface area contributed by atoms with Crippen LogP contribution in [0.15, 0.2) is 61.3 Å². The van der Waals surface area contributed by atoms with Gasteiger partial charge in [-0.3, -0.25) is 9.36 Å². The van der Waals surface area contributed by atoms with Gasteiger partial charge in [-0.25, -0.2) is 15.0 Å². The van der Waals surface area contributed by atoms with Crippen LogP contribution in [-0.2, 0) is 0 Å². The van der Waals surface area contributed by atoms with E-state index in [9.17, 15) is 4.79 Å². The van der Waals surface area contributed by atoms with E-state index in [1.807, 2.05) is 40.9 Å². The molecule has 3 aromatic rings. The summed E-state index contributed by atoms with van der Waals surface area (Å²) in [5, 5.41) is 0. The molecule has 1 fully saturated rings. The number of nitrogens with zero attached hydrogens (tertiary/aromatic N) is 6. The minimum absolute atomic E-state index is 0.0514. The normalized spacial score (nSPS) is 16.8. The highest BCUT2D eigenvalue weighted by Gasteiger charge is 2.22. The van der Waals surface area contributed by atoms with Gasteiger partial charge in [0.2, 0.25) is 0 Å².